The van der Waals surface area contributed by atoms with Gasteiger partial charge in [0.05, 0.1) is 19.0 Å². The molecule has 1 rings (SSSR count). The van der Waals surface area contributed by atoms with Crippen LogP contribution in [0.1, 0.15) is 258 Å². The van der Waals surface area contributed by atoms with Gasteiger partial charge in [0.25, 0.3) is 0 Å². The van der Waals surface area contributed by atoms with Gasteiger partial charge in [0, 0.05) is 19.4 Å². The molecule has 0 spiro atoms. The first-order valence-electron chi connectivity index (χ1n) is 27.9. The first-order chi connectivity index (χ1) is 32.2. The molecule has 0 aliphatic heterocycles. The fraction of sp³-hybridized carbons (Fsp3) is 0.857. The highest BCUT2D eigenvalue weighted by Gasteiger charge is 2.16. The van der Waals surface area contributed by atoms with Gasteiger partial charge in [0.2, 0.25) is 10.0 Å². The number of carbonyl (C=O) groups is 2. The van der Waals surface area contributed by atoms with E-state index in [2.05, 4.69) is 37.3 Å². The van der Waals surface area contributed by atoms with Crippen LogP contribution in [-0.2, 0) is 40.4 Å². The summed E-state index contributed by atoms with van der Waals surface area (Å²) in [5, 5.41) is 0. The van der Waals surface area contributed by atoms with E-state index in [9.17, 15) is 18.0 Å². The summed E-state index contributed by atoms with van der Waals surface area (Å²) in [4.78, 5) is 28.0. The largest absolute Gasteiger partial charge is 0.462 e. The van der Waals surface area contributed by atoms with Crippen LogP contribution in [0.4, 0.5) is 0 Å². The van der Waals surface area contributed by atoms with Crippen molar-refractivity contribution in [2.24, 2.45) is 0 Å². The summed E-state index contributed by atoms with van der Waals surface area (Å²) in [7, 11) is -3.41. The van der Waals surface area contributed by atoms with Crippen LogP contribution in [-0.4, -0.2) is 76.0 Å². The highest BCUT2D eigenvalue weighted by Crippen LogP contribution is 2.19. The Labute approximate surface area is 407 Å². The van der Waals surface area contributed by atoms with Crippen molar-refractivity contribution in [2.75, 3.05) is 38.5 Å². The first kappa shape index (κ1) is 62.0. The summed E-state index contributed by atoms with van der Waals surface area (Å²) in [6.45, 7) is 12.7. The Morgan fingerprint density at radius 2 is 0.924 bits per heavy atom. The van der Waals surface area contributed by atoms with E-state index in [4.69, 9.17) is 14.2 Å². The zero-order valence-electron chi connectivity index (χ0n) is 43.5. The van der Waals surface area contributed by atoms with Crippen LogP contribution < -0.4 is 4.72 Å². The van der Waals surface area contributed by atoms with Crippen LogP contribution in [0, 0.1) is 0 Å². The topological polar surface area (TPSA) is 111 Å². The molecule has 1 atom stereocenters. The molecule has 1 unspecified atom stereocenters. The van der Waals surface area contributed by atoms with E-state index >= 15 is 0 Å². The minimum absolute atomic E-state index is 0.0117. The van der Waals surface area contributed by atoms with Gasteiger partial charge in [-0.3, -0.25) is 9.59 Å². The Hall–Kier alpha value is -2.01. The van der Waals surface area contributed by atoms with Crippen molar-refractivity contribution in [3.05, 3.63) is 35.9 Å². The number of ether oxygens (including phenoxy) is 3. The van der Waals surface area contributed by atoms with Crippen molar-refractivity contribution < 1.29 is 32.2 Å². The molecule has 66 heavy (non-hydrogen) atoms. The van der Waals surface area contributed by atoms with Gasteiger partial charge >= 0.3 is 11.9 Å². The fourth-order valence-electron chi connectivity index (χ4n) is 8.70. The van der Waals surface area contributed by atoms with Gasteiger partial charge in [-0.25, -0.2) is 13.1 Å². The Balaban J connectivity index is 2.46. The van der Waals surface area contributed by atoms with Crippen LogP contribution >= 0.6 is 0 Å². The number of nitrogens with zero attached hydrogens (tertiary/aromatic N) is 1. The average Bonchev–Trinajstić information content (AvgIpc) is 3.31. The van der Waals surface area contributed by atoms with Crippen molar-refractivity contribution in [3.8, 4) is 0 Å². The Morgan fingerprint density at radius 1 is 0.515 bits per heavy atom. The van der Waals surface area contributed by atoms with Gasteiger partial charge in [-0.15, -0.1) is 0 Å². The van der Waals surface area contributed by atoms with Crippen LogP contribution in [0.5, 0.6) is 0 Å². The molecule has 0 aliphatic rings. The molecule has 0 bridgehead atoms. The number of rotatable bonds is 50. The fourth-order valence-corrected chi connectivity index (χ4v) is 9.63. The van der Waals surface area contributed by atoms with Crippen LogP contribution in [0.2, 0.25) is 0 Å². The Kier molecular flexibility index (Phi) is 42.7. The van der Waals surface area contributed by atoms with Gasteiger partial charge < -0.3 is 19.1 Å². The quantitative estimate of drug-likeness (QED) is 0.0508. The van der Waals surface area contributed by atoms with Gasteiger partial charge in [-0.1, -0.05) is 193 Å². The summed E-state index contributed by atoms with van der Waals surface area (Å²) >= 11 is 0. The van der Waals surface area contributed by atoms with Crippen LogP contribution in [0.15, 0.2) is 30.3 Å². The smallest absolute Gasteiger partial charge is 0.306 e. The molecule has 1 aromatic rings. The summed E-state index contributed by atoms with van der Waals surface area (Å²) in [6.07, 6.45) is 39.0. The average molecular weight is 950 g/mol. The number of carbonyl (C=O) groups excluding carboxylic acids is 2. The van der Waals surface area contributed by atoms with Crippen LogP contribution in [0.25, 0.3) is 0 Å². The van der Waals surface area contributed by atoms with Crippen molar-refractivity contribution in [1.82, 2.24) is 9.62 Å². The molecule has 0 saturated heterocycles. The van der Waals surface area contributed by atoms with E-state index in [-0.39, 0.29) is 36.5 Å². The van der Waals surface area contributed by atoms with E-state index in [1.807, 2.05) is 30.3 Å². The number of sulfonamides is 1. The molecule has 0 saturated carbocycles. The highest BCUT2D eigenvalue weighted by molar-refractivity contribution is 7.89. The molecule has 0 fully saturated rings. The maximum Gasteiger partial charge on any atom is 0.306 e. The van der Waals surface area contributed by atoms with Gasteiger partial charge in [0.15, 0.2) is 0 Å². The molecule has 1 aromatic carbocycles. The molecule has 10 heteroatoms. The van der Waals surface area contributed by atoms with Gasteiger partial charge in [-0.2, -0.15) is 0 Å². The summed E-state index contributed by atoms with van der Waals surface area (Å²) in [6, 6.07) is 9.80. The predicted molar refractivity (Wildman–Crippen MR) is 278 cm³/mol. The van der Waals surface area contributed by atoms with E-state index < -0.39 is 10.0 Å². The third-order valence-corrected chi connectivity index (χ3v) is 14.3. The maximum atomic E-state index is 12.9. The van der Waals surface area contributed by atoms with E-state index in [0.29, 0.717) is 26.0 Å². The lowest BCUT2D eigenvalue weighted by molar-refractivity contribution is -0.150. The zero-order valence-corrected chi connectivity index (χ0v) is 44.3. The number of hydrogen-bond acceptors (Lipinski definition) is 8. The number of hydrogen-bond donors (Lipinski definition) is 1. The van der Waals surface area contributed by atoms with Crippen molar-refractivity contribution in [1.29, 1.82) is 0 Å². The lowest BCUT2D eigenvalue weighted by Crippen LogP contribution is -2.33. The summed E-state index contributed by atoms with van der Waals surface area (Å²) in [5.74, 6) is -0.0982. The lowest BCUT2D eigenvalue weighted by atomic mass is 10.0. The van der Waals surface area contributed by atoms with E-state index in [1.165, 1.54) is 96.3 Å². The molecule has 0 aromatic heterocycles. The third kappa shape index (κ3) is 39.9. The molecule has 0 heterocycles. The van der Waals surface area contributed by atoms with E-state index in [1.54, 1.807) is 0 Å². The minimum Gasteiger partial charge on any atom is -0.462 e. The first-order valence-corrected chi connectivity index (χ1v) is 29.6. The molecule has 386 valence electrons. The SMILES string of the molecule is CCCCCCCCC(CC)OC(=O)CCCCCCCN(CCCCCCCC(=O)OC(CCCCCCCC)CCCCCCCC)CCCNS(=O)(=O)CCOCc1ccccc1. The Morgan fingerprint density at radius 3 is 1.41 bits per heavy atom. The molecule has 0 amide bonds. The van der Waals surface area contributed by atoms with Crippen molar-refractivity contribution >= 4 is 22.0 Å². The van der Waals surface area contributed by atoms with Crippen LogP contribution in [0.3, 0.4) is 0 Å². The molecular weight excluding hydrogens is 845 g/mol. The third-order valence-electron chi connectivity index (χ3n) is 13.0. The minimum atomic E-state index is -3.41. The number of esters is 2. The molecule has 0 radical (unpaired) electrons. The van der Waals surface area contributed by atoms with Gasteiger partial charge in [0.1, 0.15) is 12.2 Å². The second kappa shape index (κ2) is 45.4. The van der Waals surface area contributed by atoms with E-state index in [0.717, 1.165) is 141 Å². The second-order valence-electron chi connectivity index (χ2n) is 19.3. The summed E-state index contributed by atoms with van der Waals surface area (Å²) in [5.41, 5.74) is 1.03. The molecule has 0 aliphatic carbocycles. The number of nitrogens with one attached hydrogen (secondary N) is 1. The molecular formula is C56H104N2O7S. The van der Waals surface area contributed by atoms with Gasteiger partial charge in [-0.05, 0) is 102 Å². The molecule has 9 nitrogen and oxygen atoms in total. The monoisotopic (exact) mass is 949 g/mol. The number of benzene rings is 1. The van der Waals surface area contributed by atoms with Crippen molar-refractivity contribution in [3.63, 3.8) is 0 Å². The Bertz CT molecular complexity index is 1310. The van der Waals surface area contributed by atoms with Crippen molar-refractivity contribution in [2.45, 2.75) is 271 Å². The second-order valence-corrected chi connectivity index (χ2v) is 21.2. The zero-order chi connectivity index (χ0) is 48.0. The maximum absolute atomic E-state index is 12.9. The molecule has 1 N–H and O–H groups in total. The highest BCUT2D eigenvalue weighted by atomic mass is 32.2. The summed E-state index contributed by atoms with van der Waals surface area (Å²) < 4.78 is 45.6. The predicted octanol–water partition coefficient (Wildman–Crippen LogP) is 15.0. The normalized spacial score (nSPS) is 12.3. The standard InChI is InChI=1S/C56H104N2O7S/c1-5-9-12-15-20-30-40-53(8-4)64-55(59)43-33-23-18-25-35-46-58(48-37-45-57-66(61,62)50-49-63-51-52-38-28-27-29-39-52)47-36-26-19-24-34-44-56(60)65-54(41-31-21-16-13-10-6-2)42-32-22-17-14-11-7-3/h27-29,38-39,53-54,57H,5-26,30-37,40-51H2,1-4H3. The lowest BCUT2D eigenvalue weighted by Gasteiger charge is -2.22. The number of unbranched alkanes of at least 4 members (excludes halogenated alkanes) is 23.